The monoisotopic (exact) mass is 387 g/mol. The number of carbonyl (C=O) groups is 2. The van der Waals surface area contributed by atoms with E-state index in [-0.39, 0.29) is 17.1 Å². The Hall–Kier alpha value is -2.21. The zero-order valence-corrected chi connectivity index (χ0v) is 16.8. The summed E-state index contributed by atoms with van der Waals surface area (Å²) in [4.78, 5) is 25.7. The van der Waals surface area contributed by atoms with Crippen molar-refractivity contribution in [3.05, 3.63) is 53.1 Å². The first kappa shape index (κ1) is 19.5. The van der Waals surface area contributed by atoms with E-state index in [4.69, 9.17) is 0 Å². The van der Waals surface area contributed by atoms with Crippen LogP contribution in [0, 0.1) is 12.8 Å². The van der Waals surface area contributed by atoms with Crippen LogP contribution >= 0.6 is 0 Å². The minimum atomic E-state index is -4.02. The predicted octanol–water partition coefficient (Wildman–Crippen LogP) is 3.55. The molecule has 1 aliphatic carbocycles. The molecule has 1 aromatic carbocycles. The zero-order valence-electron chi connectivity index (χ0n) is 16.0. The number of fused-ring (bicyclic) bond motifs is 1. The van der Waals surface area contributed by atoms with Gasteiger partial charge in [0.1, 0.15) is 0 Å². The van der Waals surface area contributed by atoms with E-state index in [1.807, 2.05) is 13.8 Å². The highest BCUT2D eigenvalue weighted by Crippen LogP contribution is 2.46. The van der Waals surface area contributed by atoms with E-state index in [0.717, 1.165) is 28.3 Å². The molecule has 1 aromatic rings. The van der Waals surface area contributed by atoms with Gasteiger partial charge in [0.15, 0.2) is 5.78 Å². The van der Waals surface area contributed by atoms with Crippen molar-refractivity contribution in [2.45, 2.75) is 57.4 Å². The van der Waals surface area contributed by atoms with Crippen LogP contribution in [0.15, 0.2) is 52.5 Å². The van der Waals surface area contributed by atoms with Gasteiger partial charge in [-0.2, -0.15) is 0 Å². The highest BCUT2D eigenvalue weighted by molar-refractivity contribution is 7.89. The number of benzene rings is 1. The van der Waals surface area contributed by atoms with E-state index in [1.54, 1.807) is 19.1 Å². The largest absolute Gasteiger partial charge is 0.294 e. The van der Waals surface area contributed by atoms with Crippen LogP contribution in [0.3, 0.4) is 0 Å². The lowest BCUT2D eigenvalue weighted by Crippen LogP contribution is -2.40. The van der Waals surface area contributed by atoms with Crippen LogP contribution in [0.4, 0.5) is 0 Å². The number of Topliss-reactive ketones (excluding diaryl/α,β-unsaturated/α-hetero) is 1. The fraction of sp³-hybridized carbons (Fsp3) is 0.429. The molecule has 144 valence electrons. The van der Waals surface area contributed by atoms with Gasteiger partial charge >= 0.3 is 0 Å². The molecule has 0 spiro atoms. The lowest BCUT2D eigenvalue weighted by Gasteiger charge is -2.26. The van der Waals surface area contributed by atoms with Crippen LogP contribution in [0.5, 0.6) is 0 Å². The van der Waals surface area contributed by atoms with E-state index in [9.17, 15) is 18.0 Å². The second kappa shape index (κ2) is 7.08. The van der Waals surface area contributed by atoms with Gasteiger partial charge in [0.2, 0.25) is 5.91 Å². The van der Waals surface area contributed by atoms with Crippen molar-refractivity contribution >= 4 is 21.7 Å². The van der Waals surface area contributed by atoms with Crippen LogP contribution in [-0.4, -0.2) is 30.5 Å². The molecule has 0 bridgehead atoms. The third-order valence-electron chi connectivity index (χ3n) is 5.34. The summed E-state index contributed by atoms with van der Waals surface area (Å²) < 4.78 is 27.5. The molecule has 0 N–H and O–H groups in total. The molecule has 27 heavy (non-hydrogen) atoms. The Morgan fingerprint density at radius 1 is 1.22 bits per heavy atom. The summed E-state index contributed by atoms with van der Waals surface area (Å²) in [5, 5.41) is 0. The second-order valence-corrected chi connectivity index (χ2v) is 9.23. The molecule has 6 heteroatoms. The number of amides is 1. The average Bonchev–Trinajstić information content (AvgIpc) is 3.07. The first-order chi connectivity index (χ1) is 12.7. The fourth-order valence-electron chi connectivity index (χ4n) is 4.05. The Morgan fingerprint density at radius 3 is 2.41 bits per heavy atom. The Bertz CT molecular complexity index is 941. The highest BCUT2D eigenvalue weighted by atomic mass is 32.2. The van der Waals surface area contributed by atoms with Gasteiger partial charge in [-0.1, -0.05) is 37.6 Å². The summed E-state index contributed by atoms with van der Waals surface area (Å²) >= 11 is 0. The van der Waals surface area contributed by atoms with Crippen LogP contribution < -0.4 is 0 Å². The predicted molar refractivity (Wildman–Crippen MR) is 103 cm³/mol. The van der Waals surface area contributed by atoms with E-state index < -0.39 is 27.9 Å². The summed E-state index contributed by atoms with van der Waals surface area (Å²) in [6.45, 7) is 9.59. The molecular weight excluding hydrogens is 362 g/mol. The van der Waals surface area contributed by atoms with Crippen molar-refractivity contribution < 1.29 is 18.0 Å². The lowest BCUT2D eigenvalue weighted by atomic mass is 9.97. The Labute approximate surface area is 160 Å². The summed E-state index contributed by atoms with van der Waals surface area (Å²) in [6.07, 6.45) is 2.27. The third-order valence-corrected chi connectivity index (χ3v) is 7.16. The number of hydrogen-bond donors (Lipinski definition) is 0. The van der Waals surface area contributed by atoms with Gasteiger partial charge in [-0.15, -0.1) is 0 Å². The first-order valence-corrected chi connectivity index (χ1v) is 10.7. The van der Waals surface area contributed by atoms with Crippen molar-refractivity contribution in [3.63, 3.8) is 0 Å². The SMILES string of the molecule is C=C(C)C1=C(CCCC)[C@@H]2[C@@H](CC(=O)N2S(=O)(=O)c2ccc(C)cc2)C1=O. The molecule has 1 fully saturated rings. The van der Waals surface area contributed by atoms with Crippen molar-refractivity contribution in [3.8, 4) is 0 Å². The van der Waals surface area contributed by atoms with Crippen molar-refractivity contribution in [1.29, 1.82) is 0 Å². The maximum absolute atomic E-state index is 13.3. The number of nitrogens with zero attached hydrogens (tertiary/aromatic N) is 1. The molecule has 2 aliphatic rings. The maximum atomic E-state index is 13.3. The summed E-state index contributed by atoms with van der Waals surface area (Å²) in [5.74, 6) is -1.28. The number of sulfonamides is 1. The van der Waals surface area contributed by atoms with E-state index >= 15 is 0 Å². The Balaban J connectivity index is 2.11. The molecule has 0 radical (unpaired) electrons. The van der Waals surface area contributed by atoms with E-state index in [1.165, 1.54) is 12.1 Å². The number of aryl methyl sites for hydroxylation is 1. The molecule has 0 aromatic heterocycles. The summed E-state index contributed by atoms with van der Waals surface area (Å²) in [6, 6.07) is 5.72. The number of rotatable bonds is 6. The molecule has 5 nitrogen and oxygen atoms in total. The Morgan fingerprint density at radius 2 is 1.85 bits per heavy atom. The van der Waals surface area contributed by atoms with Crippen LogP contribution in [0.1, 0.15) is 45.1 Å². The van der Waals surface area contributed by atoms with Gasteiger partial charge in [0.25, 0.3) is 10.0 Å². The zero-order chi connectivity index (χ0) is 19.9. The smallest absolute Gasteiger partial charge is 0.267 e. The van der Waals surface area contributed by atoms with Crippen molar-refractivity contribution in [2.24, 2.45) is 5.92 Å². The highest BCUT2D eigenvalue weighted by Gasteiger charge is 2.55. The van der Waals surface area contributed by atoms with Crippen LogP contribution in [0.2, 0.25) is 0 Å². The topological polar surface area (TPSA) is 71.5 Å². The normalized spacial score (nSPS) is 22.6. The number of carbonyl (C=O) groups excluding carboxylic acids is 2. The number of hydrogen-bond acceptors (Lipinski definition) is 4. The molecule has 1 aliphatic heterocycles. The summed E-state index contributed by atoms with van der Waals surface area (Å²) in [7, 11) is -4.02. The van der Waals surface area contributed by atoms with Gasteiger partial charge in [-0.3, -0.25) is 9.59 Å². The van der Waals surface area contributed by atoms with Gasteiger partial charge in [-0.25, -0.2) is 12.7 Å². The third kappa shape index (κ3) is 3.16. The standard InChI is InChI=1S/C21H25NO4S/c1-5-6-7-16-19(13(2)3)21(24)17-12-18(23)22(20(16)17)27(25,26)15-10-8-14(4)9-11-15/h8-11,17,20H,2,5-7,12H2,1,3-4H3/t17-,20-/m1/s1. The van der Waals surface area contributed by atoms with Gasteiger partial charge in [0.05, 0.1) is 16.9 Å². The molecule has 0 unspecified atom stereocenters. The number of ketones is 1. The molecule has 2 atom stereocenters. The molecule has 1 heterocycles. The summed E-state index contributed by atoms with van der Waals surface area (Å²) in [5.41, 5.74) is 2.86. The minimum absolute atomic E-state index is 0.0685. The van der Waals surface area contributed by atoms with E-state index in [0.29, 0.717) is 17.6 Å². The lowest BCUT2D eigenvalue weighted by molar-refractivity contribution is -0.125. The van der Waals surface area contributed by atoms with Gasteiger partial charge in [-0.05, 0) is 50.0 Å². The van der Waals surface area contributed by atoms with Gasteiger partial charge in [0, 0.05) is 12.0 Å². The minimum Gasteiger partial charge on any atom is -0.294 e. The maximum Gasteiger partial charge on any atom is 0.267 e. The first-order valence-electron chi connectivity index (χ1n) is 9.27. The van der Waals surface area contributed by atoms with Crippen molar-refractivity contribution in [1.82, 2.24) is 4.31 Å². The molecule has 0 saturated carbocycles. The number of allylic oxidation sites excluding steroid dienone is 2. The second-order valence-electron chi connectivity index (χ2n) is 7.41. The molecule has 1 amide bonds. The number of unbranched alkanes of at least 4 members (excludes halogenated alkanes) is 1. The quantitative estimate of drug-likeness (QED) is 0.748. The van der Waals surface area contributed by atoms with Gasteiger partial charge < -0.3 is 0 Å². The van der Waals surface area contributed by atoms with Crippen LogP contribution in [-0.2, 0) is 19.6 Å². The average molecular weight is 388 g/mol. The van der Waals surface area contributed by atoms with Crippen molar-refractivity contribution in [2.75, 3.05) is 0 Å². The fourth-order valence-corrected chi connectivity index (χ4v) is 5.68. The molecule has 1 saturated heterocycles. The van der Waals surface area contributed by atoms with Crippen LogP contribution in [0.25, 0.3) is 0 Å². The van der Waals surface area contributed by atoms with E-state index in [2.05, 4.69) is 6.58 Å². The Kier molecular flexibility index (Phi) is 5.12. The molecule has 3 rings (SSSR count). The molecular formula is C21H25NO4S.